The molecule has 1 aliphatic heterocycles. The van der Waals surface area contributed by atoms with E-state index in [0.717, 1.165) is 11.4 Å². The summed E-state index contributed by atoms with van der Waals surface area (Å²) in [4.78, 5) is 17.4. The summed E-state index contributed by atoms with van der Waals surface area (Å²) in [6, 6.07) is 16.2. The van der Waals surface area contributed by atoms with Crippen LogP contribution in [0.2, 0.25) is 0 Å². The van der Waals surface area contributed by atoms with Gasteiger partial charge in [0, 0.05) is 23.4 Å². The van der Waals surface area contributed by atoms with E-state index in [-0.39, 0.29) is 11.6 Å². The molecule has 2 atom stereocenters. The van der Waals surface area contributed by atoms with Gasteiger partial charge in [0.25, 0.3) is 0 Å². The molecule has 0 saturated heterocycles. The van der Waals surface area contributed by atoms with Crippen molar-refractivity contribution in [3.63, 3.8) is 0 Å². The summed E-state index contributed by atoms with van der Waals surface area (Å²) in [6.07, 6.45) is 3.17. The van der Waals surface area contributed by atoms with E-state index >= 15 is 0 Å². The molecule has 146 valence electrons. The average Bonchev–Trinajstić information content (AvgIpc) is 3.15. The molecule has 0 bridgehead atoms. The number of hydrogen-bond acceptors (Lipinski definition) is 5. The van der Waals surface area contributed by atoms with E-state index in [4.69, 9.17) is 0 Å². The second-order valence-corrected chi connectivity index (χ2v) is 8.11. The molecule has 2 heterocycles. The minimum Gasteiger partial charge on any atom is -0.328 e. The predicted octanol–water partition coefficient (Wildman–Crippen LogP) is 4.59. The van der Waals surface area contributed by atoms with Gasteiger partial charge in [-0.3, -0.25) is 4.79 Å². The summed E-state index contributed by atoms with van der Waals surface area (Å²) in [6.45, 7) is 0. The van der Waals surface area contributed by atoms with Crippen molar-refractivity contribution < 1.29 is 9.18 Å². The van der Waals surface area contributed by atoms with Crippen LogP contribution in [0.3, 0.4) is 0 Å². The number of fused-ring (bicyclic) bond motifs is 2. The molecule has 1 N–H and O–H groups in total. The van der Waals surface area contributed by atoms with Gasteiger partial charge in [-0.25, -0.2) is 9.07 Å². The molecule has 0 fully saturated rings. The topological polar surface area (TPSA) is 59.8 Å². The summed E-state index contributed by atoms with van der Waals surface area (Å²) < 4.78 is 16.4. The first-order valence-electron chi connectivity index (χ1n) is 9.58. The van der Waals surface area contributed by atoms with Crippen LogP contribution in [0.1, 0.15) is 30.0 Å². The molecular weight excluding hydrogens is 387 g/mol. The van der Waals surface area contributed by atoms with Crippen LogP contribution in [0.4, 0.5) is 10.3 Å². The fourth-order valence-electron chi connectivity index (χ4n) is 3.96. The van der Waals surface area contributed by atoms with Crippen LogP contribution < -0.4 is 5.32 Å². The number of carbonyl (C=O) groups excluding carboxylic acids is 1. The number of rotatable bonds is 4. The second kappa shape index (κ2) is 7.48. The molecule has 2 aromatic carbocycles. The minimum atomic E-state index is -0.537. The Balaban J connectivity index is 1.54. The molecule has 3 aromatic rings. The number of Topliss-reactive ketones (excluding diaryl/α,β-unsaturated/α-hetero) is 1. The largest absolute Gasteiger partial charge is 0.328 e. The van der Waals surface area contributed by atoms with Crippen LogP contribution in [0.15, 0.2) is 71.5 Å². The third kappa shape index (κ3) is 3.35. The number of benzene rings is 2. The molecule has 5 rings (SSSR count). The standard InChI is InChI=1S/C22H19FN4OS/c23-16-10-5-4-9-15(16)20-19-17(11-6-12-18(19)28)24-21-25-22(26-27(20)21)29-13-14-7-2-1-3-8-14/h1-5,7-11,19-20H,6,12-13H2,(H,24,25,26). The lowest BCUT2D eigenvalue weighted by Gasteiger charge is -2.36. The van der Waals surface area contributed by atoms with Crippen molar-refractivity contribution in [1.82, 2.24) is 14.8 Å². The second-order valence-electron chi connectivity index (χ2n) is 7.17. The highest BCUT2D eigenvalue weighted by Gasteiger charge is 2.42. The monoisotopic (exact) mass is 406 g/mol. The Morgan fingerprint density at radius 1 is 1.14 bits per heavy atom. The number of aromatic nitrogens is 3. The maximum absolute atomic E-state index is 14.7. The summed E-state index contributed by atoms with van der Waals surface area (Å²) in [5.74, 6) is 0.576. The van der Waals surface area contributed by atoms with Crippen molar-refractivity contribution >= 4 is 23.5 Å². The van der Waals surface area contributed by atoms with Crippen LogP contribution >= 0.6 is 11.8 Å². The van der Waals surface area contributed by atoms with Crippen LogP contribution in [0.25, 0.3) is 0 Å². The Kier molecular flexibility index (Phi) is 4.67. The van der Waals surface area contributed by atoms with E-state index in [1.54, 1.807) is 22.9 Å². The highest BCUT2D eigenvalue weighted by molar-refractivity contribution is 7.98. The van der Waals surface area contributed by atoms with Crippen molar-refractivity contribution in [2.75, 3.05) is 5.32 Å². The Morgan fingerprint density at radius 3 is 2.76 bits per heavy atom. The third-order valence-corrected chi connectivity index (χ3v) is 6.23. The predicted molar refractivity (Wildman–Crippen MR) is 110 cm³/mol. The first kappa shape index (κ1) is 18.1. The van der Waals surface area contributed by atoms with Crippen LogP contribution in [-0.4, -0.2) is 20.5 Å². The van der Waals surface area contributed by atoms with Gasteiger partial charge in [-0.05, 0) is 18.1 Å². The lowest BCUT2D eigenvalue weighted by molar-refractivity contribution is -0.123. The highest BCUT2D eigenvalue weighted by atomic mass is 32.2. The van der Waals surface area contributed by atoms with Crippen molar-refractivity contribution in [3.05, 3.63) is 83.3 Å². The highest BCUT2D eigenvalue weighted by Crippen LogP contribution is 2.42. The lowest BCUT2D eigenvalue weighted by atomic mass is 9.80. The Bertz CT molecular complexity index is 1100. The first-order valence-corrected chi connectivity index (χ1v) is 10.6. The zero-order chi connectivity index (χ0) is 19.8. The number of anilines is 1. The quantitative estimate of drug-likeness (QED) is 0.643. The number of allylic oxidation sites excluding steroid dienone is 2. The lowest BCUT2D eigenvalue weighted by Crippen LogP contribution is -2.39. The van der Waals surface area contributed by atoms with E-state index in [2.05, 4.69) is 27.5 Å². The number of ketones is 1. The van der Waals surface area contributed by atoms with Gasteiger partial charge in [-0.2, -0.15) is 4.98 Å². The molecule has 1 aliphatic carbocycles. The number of hydrogen-bond donors (Lipinski definition) is 1. The van der Waals surface area contributed by atoms with Gasteiger partial charge in [0.2, 0.25) is 11.1 Å². The zero-order valence-corrected chi connectivity index (χ0v) is 16.4. The molecule has 2 aliphatic rings. The molecular formula is C22H19FN4OS. The van der Waals surface area contributed by atoms with Crippen LogP contribution in [0.5, 0.6) is 0 Å². The zero-order valence-electron chi connectivity index (χ0n) is 15.6. The SMILES string of the molecule is O=C1CCC=C2Nc3nc(SCc4ccccc4)nn3C(c3ccccc3F)C12. The molecule has 0 saturated carbocycles. The van der Waals surface area contributed by atoms with Gasteiger partial charge < -0.3 is 5.32 Å². The van der Waals surface area contributed by atoms with Gasteiger partial charge in [0.05, 0.1) is 12.0 Å². The smallest absolute Gasteiger partial charge is 0.227 e. The molecule has 5 nitrogen and oxygen atoms in total. The molecule has 7 heteroatoms. The summed E-state index contributed by atoms with van der Waals surface area (Å²) in [7, 11) is 0. The maximum Gasteiger partial charge on any atom is 0.227 e. The molecule has 0 radical (unpaired) electrons. The van der Waals surface area contributed by atoms with E-state index in [9.17, 15) is 9.18 Å². The van der Waals surface area contributed by atoms with E-state index in [1.165, 1.54) is 23.4 Å². The average molecular weight is 406 g/mol. The van der Waals surface area contributed by atoms with Gasteiger partial charge in [-0.1, -0.05) is 66.4 Å². The van der Waals surface area contributed by atoms with Crippen molar-refractivity contribution in [3.8, 4) is 0 Å². The van der Waals surface area contributed by atoms with Crippen molar-refractivity contribution in [2.24, 2.45) is 5.92 Å². The Hall–Kier alpha value is -2.93. The van der Waals surface area contributed by atoms with Crippen LogP contribution in [0, 0.1) is 11.7 Å². The van der Waals surface area contributed by atoms with Gasteiger partial charge in [0.1, 0.15) is 11.6 Å². The molecule has 1 aromatic heterocycles. The first-order chi connectivity index (χ1) is 14.2. The Morgan fingerprint density at radius 2 is 1.93 bits per heavy atom. The minimum absolute atomic E-state index is 0.0999. The third-order valence-electron chi connectivity index (χ3n) is 5.32. The number of nitrogens with zero attached hydrogens (tertiary/aromatic N) is 3. The molecule has 29 heavy (non-hydrogen) atoms. The summed E-state index contributed by atoms with van der Waals surface area (Å²) in [5.41, 5.74) is 2.44. The number of carbonyl (C=O) groups is 1. The molecule has 0 spiro atoms. The van der Waals surface area contributed by atoms with E-state index in [0.29, 0.717) is 29.5 Å². The molecule has 0 amide bonds. The number of thioether (sulfide) groups is 1. The van der Waals surface area contributed by atoms with Crippen molar-refractivity contribution in [2.45, 2.75) is 29.8 Å². The van der Waals surface area contributed by atoms with Gasteiger partial charge in [-0.15, -0.1) is 5.10 Å². The molecule has 2 unspecified atom stereocenters. The van der Waals surface area contributed by atoms with Gasteiger partial charge in [0.15, 0.2) is 0 Å². The summed E-state index contributed by atoms with van der Waals surface area (Å²) in [5, 5.41) is 8.51. The maximum atomic E-state index is 14.7. The summed E-state index contributed by atoms with van der Waals surface area (Å²) >= 11 is 1.52. The number of nitrogens with one attached hydrogen (secondary N) is 1. The van der Waals surface area contributed by atoms with E-state index in [1.807, 2.05) is 24.3 Å². The number of halogens is 1. The fraction of sp³-hybridized carbons (Fsp3) is 0.227. The fourth-order valence-corrected chi connectivity index (χ4v) is 4.75. The normalized spacial score (nSPS) is 20.4. The van der Waals surface area contributed by atoms with Crippen molar-refractivity contribution in [1.29, 1.82) is 0 Å². The Labute approximate surface area is 172 Å². The van der Waals surface area contributed by atoms with Gasteiger partial charge >= 0.3 is 0 Å². The van der Waals surface area contributed by atoms with E-state index < -0.39 is 12.0 Å². The van der Waals surface area contributed by atoms with Crippen LogP contribution in [-0.2, 0) is 10.5 Å².